The highest BCUT2D eigenvalue weighted by Gasteiger charge is 2.24. The molecule has 6 heteroatoms. The van der Waals surface area contributed by atoms with Gasteiger partial charge in [-0.25, -0.2) is 0 Å². The van der Waals surface area contributed by atoms with Crippen LogP contribution in [0, 0.1) is 0 Å². The largest absolute Gasteiger partial charge is 0.377 e. The van der Waals surface area contributed by atoms with Crippen molar-refractivity contribution in [3.8, 4) is 0 Å². The fourth-order valence-electron chi connectivity index (χ4n) is 3.07. The van der Waals surface area contributed by atoms with Crippen LogP contribution in [0.3, 0.4) is 0 Å². The number of piperidine rings is 1. The minimum Gasteiger partial charge on any atom is -0.377 e. The third-order valence-corrected chi connectivity index (χ3v) is 5.11. The van der Waals surface area contributed by atoms with E-state index in [1.165, 1.54) is 30.6 Å². The van der Waals surface area contributed by atoms with Crippen molar-refractivity contribution in [1.29, 1.82) is 0 Å². The number of thiophene rings is 1. The summed E-state index contributed by atoms with van der Waals surface area (Å²) in [6, 6.07) is 4.98. The molecule has 0 spiro atoms. The molecule has 2 aromatic heterocycles. The Morgan fingerprint density at radius 1 is 1.45 bits per heavy atom. The average Bonchev–Trinajstić information content (AvgIpc) is 3.19. The van der Waals surface area contributed by atoms with Gasteiger partial charge in [0.05, 0.1) is 6.54 Å². The number of hydrogen-bond donors (Lipinski definition) is 0. The number of aromatic nitrogens is 2. The smallest absolute Gasteiger partial charge is 0.240 e. The molecule has 0 aromatic carbocycles. The van der Waals surface area contributed by atoms with Crippen LogP contribution in [-0.4, -0.2) is 34.7 Å². The summed E-state index contributed by atoms with van der Waals surface area (Å²) in [4.78, 5) is 8.37. The van der Waals surface area contributed by atoms with Gasteiger partial charge in [0.1, 0.15) is 6.61 Å². The Labute approximate surface area is 135 Å². The first-order chi connectivity index (χ1) is 10.8. The van der Waals surface area contributed by atoms with Gasteiger partial charge < -0.3 is 9.26 Å². The Bertz CT molecular complexity index is 556. The molecule has 0 amide bonds. The second-order valence-electron chi connectivity index (χ2n) is 5.78. The molecule has 0 saturated carbocycles. The summed E-state index contributed by atoms with van der Waals surface area (Å²) in [5.74, 6) is 1.33. The zero-order valence-corrected chi connectivity index (χ0v) is 13.8. The molecule has 1 aliphatic rings. The minimum atomic E-state index is 0.408. The number of aryl methyl sites for hydroxylation is 1. The highest BCUT2D eigenvalue weighted by Crippen LogP contribution is 2.24. The van der Waals surface area contributed by atoms with Crippen LogP contribution in [0.15, 0.2) is 22.0 Å². The highest BCUT2D eigenvalue weighted by molar-refractivity contribution is 7.09. The van der Waals surface area contributed by atoms with Gasteiger partial charge in [0, 0.05) is 18.0 Å². The maximum atomic E-state index is 5.34. The SMILES string of the molecule is COCc1noc(CN2CCCC[C@H]2CCc2cccs2)n1. The van der Waals surface area contributed by atoms with Gasteiger partial charge in [0.2, 0.25) is 5.89 Å². The Morgan fingerprint density at radius 3 is 3.23 bits per heavy atom. The normalized spacial score (nSPS) is 19.6. The number of hydrogen-bond acceptors (Lipinski definition) is 6. The molecular weight excluding hydrogens is 298 g/mol. The van der Waals surface area contributed by atoms with Crippen LogP contribution in [-0.2, 0) is 24.3 Å². The number of rotatable bonds is 7. The van der Waals surface area contributed by atoms with Crippen LogP contribution < -0.4 is 0 Å². The molecule has 0 radical (unpaired) electrons. The molecule has 0 bridgehead atoms. The summed E-state index contributed by atoms with van der Waals surface area (Å²) in [7, 11) is 1.64. The van der Waals surface area contributed by atoms with Gasteiger partial charge in [-0.3, -0.25) is 4.90 Å². The maximum Gasteiger partial charge on any atom is 0.240 e. The van der Waals surface area contributed by atoms with Crippen LogP contribution >= 0.6 is 11.3 Å². The molecule has 5 nitrogen and oxygen atoms in total. The fourth-order valence-corrected chi connectivity index (χ4v) is 3.80. The number of nitrogens with zero attached hydrogens (tertiary/aromatic N) is 3. The predicted molar refractivity (Wildman–Crippen MR) is 85.7 cm³/mol. The molecule has 22 heavy (non-hydrogen) atoms. The van der Waals surface area contributed by atoms with Crippen molar-refractivity contribution in [2.24, 2.45) is 0 Å². The van der Waals surface area contributed by atoms with E-state index in [4.69, 9.17) is 9.26 Å². The number of methoxy groups -OCH3 is 1. The van der Waals surface area contributed by atoms with E-state index in [1.807, 2.05) is 11.3 Å². The molecule has 0 aliphatic carbocycles. The second-order valence-corrected chi connectivity index (χ2v) is 6.81. The van der Waals surface area contributed by atoms with E-state index in [1.54, 1.807) is 7.11 Å². The zero-order valence-electron chi connectivity index (χ0n) is 13.0. The number of likely N-dealkylation sites (tertiary alicyclic amines) is 1. The number of ether oxygens (including phenoxy) is 1. The average molecular weight is 321 g/mol. The zero-order chi connectivity index (χ0) is 15.2. The molecule has 2 aromatic rings. The third kappa shape index (κ3) is 4.15. The molecule has 1 fully saturated rings. The van der Waals surface area contributed by atoms with Gasteiger partial charge in [-0.15, -0.1) is 11.3 Å². The Hall–Kier alpha value is -1.24. The van der Waals surface area contributed by atoms with Crippen LogP contribution in [0.25, 0.3) is 0 Å². The summed E-state index contributed by atoms with van der Waals surface area (Å²) >= 11 is 1.85. The van der Waals surface area contributed by atoms with Gasteiger partial charge in [-0.05, 0) is 43.7 Å². The van der Waals surface area contributed by atoms with Crippen LogP contribution in [0.1, 0.15) is 42.3 Å². The first-order valence-corrected chi connectivity index (χ1v) is 8.80. The van der Waals surface area contributed by atoms with Crippen molar-refractivity contribution in [1.82, 2.24) is 15.0 Å². The minimum absolute atomic E-state index is 0.408. The van der Waals surface area contributed by atoms with Gasteiger partial charge >= 0.3 is 0 Å². The van der Waals surface area contributed by atoms with Crippen molar-refractivity contribution in [3.05, 3.63) is 34.1 Å². The quantitative estimate of drug-likeness (QED) is 0.783. The van der Waals surface area contributed by atoms with Crippen LogP contribution in [0.4, 0.5) is 0 Å². The summed E-state index contributed by atoms with van der Waals surface area (Å²) in [5, 5.41) is 6.10. The molecule has 3 heterocycles. The lowest BCUT2D eigenvalue weighted by molar-refractivity contribution is 0.117. The van der Waals surface area contributed by atoms with E-state index in [-0.39, 0.29) is 0 Å². The van der Waals surface area contributed by atoms with E-state index >= 15 is 0 Å². The topological polar surface area (TPSA) is 51.4 Å². The van der Waals surface area contributed by atoms with Gasteiger partial charge in [-0.2, -0.15) is 4.98 Å². The molecule has 1 aliphatic heterocycles. The fraction of sp³-hybridized carbons (Fsp3) is 0.625. The summed E-state index contributed by atoms with van der Waals surface area (Å²) in [6.07, 6.45) is 6.22. The lowest BCUT2D eigenvalue weighted by Gasteiger charge is -2.34. The van der Waals surface area contributed by atoms with Crippen molar-refractivity contribution in [2.45, 2.75) is 51.3 Å². The molecule has 0 N–H and O–H groups in total. The predicted octanol–water partition coefficient (Wildman–Crippen LogP) is 3.26. The summed E-state index contributed by atoms with van der Waals surface area (Å²) in [5.41, 5.74) is 0. The Balaban J connectivity index is 1.56. The van der Waals surface area contributed by atoms with Crippen LogP contribution in [0.2, 0.25) is 0 Å². The Morgan fingerprint density at radius 2 is 2.41 bits per heavy atom. The van der Waals surface area contributed by atoms with E-state index < -0.39 is 0 Å². The molecule has 120 valence electrons. The Kier molecular flexibility index (Phi) is 5.58. The second kappa shape index (κ2) is 7.85. The first kappa shape index (κ1) is 15.6. The monoisotopic (exact) mass is 321 g/mol. The van der Waals surface area contributed by atoms with E-state index in [2.05, 4.69) is 32.6 Å². The molecule has 3 rings (SSSR count). The summed E-state index contributed by atoms with van der Waals surface area (Å²) < 4.78 is 10.4. The van der Waals surface area contributed by atoms with E-state index in [0.717, 1.165) is 19.5 Å². The highest BCUT2D eigenvalue weighted by atomic mass is 32.1. The maximum absolute atomic E-state index is 5.34. The lowest BCUT2D eigenvalue weighted by Crippen LogP contribution is -2.39. The summed E-state index contributed by atoms with van der Waals surface area (Å²) in [6.45, 7) is 2.29. The van der Waals surface area contributed by atoms with Gasteiger partial charge in [0.15, 0.2) is 5.82 Å². The molecular formula is C16H23N3O2S. The van der Waals surface area contributed by atoms with Gasteiger partial charge in [0.25, 0.3) is 0 Å². The molecule has 1 atom stereocenters. The van der Waals surface area contributed by atoms with Crippen molar-refractivity contribution in [3.63, 3.8) is 0 Å². The standard InChI is InChI=1S/C16H23N3O2S/c1-20-12-15-17-16(21-18-15)11-19-9-3-2-5-13(19)7-8-14-6-4-10-22-14/h4,6,10,13H,2-3,5,7-9,11-12H2,1H3/t13-/m0/s1. The van der Waals surface area contributed by atoms with E-state index in [9.17, 15) is 0 Å². The third-order valence-electron chi connectivity index (χ3n) is 4.18. The van der Waals surface area contributed by atoms with Crippen molar-refractivity contribution < 1.29 is 9.26 Å². The first-order valence-electron chi connectivity index (χ1n) is 7.92. The van der Waals surface area contributed by atoms with E-state index in [0.29, 0.717) is 24.4 Å². The van der Waals surface area contributed by atoms with Crippen LogP contribution in [0.5, 0.6) is 0 Å². The van der Waals surface area contributed by atoms with Gasteiger partial charge in [-0.1, -0.05) is 17.6 Å². The lowest BCUT2D eigenvalue weighted by atomic mass is 9.97. The van der Waals surface area contributed by atoms with Crippen molar-refractivity contribution in [2.75, 3.05) is 13.7 Å². The van der Waals surface area contributed by atoms with Crippen molar-refractivity contribution >= 4 is 11.3 Å². The molecule has 0 unspecified atom stereocenters. The molecule has 1 saturated heterocycles.